The molecular formula is C18H14O6. The quantitative estimate of drug-likeness (QED) is 0.634. The van der Waals surface area contributed by atoms with E-state index in [1.54, 1.807) is 12.1 Å². The molecule has 0 aromatic heterocycles. The molecule has 6 heteroatoms. The summed E-state index contributed by atoms with van der Waals surface area (Å²) < 4.78 is 0. The smallest absolute Gasteiger partial charge is 0.303 e. The minimum absolute atomic E-state index is 0.104. The molecule has 24 heavy (non-hydrogen) atoms. The maximum Gasteiger partial charge on any atom is 0.303 e. The second kappa shape index (κ2) is 5.81. The molecule has 0 heterocycles. The Morgan fingerprint density at radius 3 is 2.12 bits per heavy atom. The van der Waals surface area contributed by atoms with Gasteiger partial charge in [0, 0.05) is 17.5 Å². The van der Waals surface area contributed by atoms with Gasteiger partial charge in [-0.2, -0.15) is 0 Å². The number of benzene rings is 2. The molecule has 0 saturated carbocycles. The second-order valence-corrected chi connectivity index (χ2v) is 5.60. The number of aromatic hydroxyl groups is 2. The molecule has 0 aliphatic heterocycles. The van der Waals surface area contributed by atoms with Crippen molar-refractivity contribution in [2.45, 2.75) is 19.3 Å². The summed E-state index contributed by atoms with van der Waals surface area (Å²) in [7, 11) is 0. The van der Waals surface area contributed by atoms with Crippen LogP contribution in [0.4, 0.5) is 0 Å². The lowest BCUT2D eigenvalue weighted by molar-refractivity contribution is -0.137. The molecule has 0 amide bonds. The van der Waals surface area contributed by atoms with E-state index in [1.165, 1.54) is 18.2 Å². The first-order valence-electron chi connectivity index (χ1n) is 7.40. The average molecular weight is 326 g/mol. The number of hydrogen-bond donors (Lipinski definition) is 3. The zero-order valence-corrected chi connectivity index (χ0v) is 12.6. The van der Waals surface area contributed by atoms with Gasteiger partial charge in [-0.3, -0.25) is 14.4 Å². The second-order valence-electron chi connectivity index (χ2n) is 5.60. The fourth-order valence-electron chi connectivity index (χ4n) is 2.93. The van der Waals surface area contributed by atoms with Gasteiger partial charge in [0.05, 0.1) is 11.1 Å². The number of fused-ring (bicyclic) bond motifs is 2. The number of carboxylic acids is 1. The third-order valence-electron chi connectivity index (χ3n) is 4.07. The zero-order valence-electron chi connectivity index (χ0n) is 12.6. The van der Waals surface area contributed by atoms with Crippen LogP contribution in [0.3, 0.4) is 0 Å². The highest BCUT2D eigenvalue weighted by molar-refractivity contribution is 6.30. The van der Waals surface area contributed by atoms with E-state index in [0.29, 0.717) is 0 Å². The number of hydrogen-bond acceptors (Lipinski definition) is 5. The minimum Gasteiger partial charge on any atom is -0.507 e. The van der Waals surface area contributed by atoms with Crippen molar-refractivity contribution in [2.24, 2.45) is 0 Å². The average Bonchev–Trinajstić information content (AvgIpc) is 2.55. The first-order valence-corrected chi connectivity index (χ1v) is 7.40. The Hall–Kier alpha value is -3.15. The summed E-state index contributed by atoms with van der Waals surface area (Å²) in [5.74, 6) is -2.79. The molecule has 0 bridgehead atoms. The first kappa shape index (κ1) is 15.7. The predicted molar refractivity (Wildman–Crippen MR) is 83.7 cm³/mol. The van der Waals surface area contributed by atoms with Crippen molar-refractivity contribution in [2.75, 3.05) is 0 Å². The zero-order chi connectivity index (χ0) is 17.4. The van der Waals surface area contributed by atoms with E-state index >= 15 is 0 Å². The molecule has 1 aliphatic carbocycles. The number of carbonyl (C=O) groups excluding carboxylic acids is 2. The van der Waals surface area contributed by atoms with Crippen LogP contribution in [-0.2, 0) is 11.2 Å². The predicted octanol–water partition coefficient (Wildman–Crippen LogP) is 2.28. The Kier molecular flexibility index (Phi) is 3.81. The van der Waals surface area contributed by atoms with E-state index in [1.807, 2.05) is 0 Å². The largest absolute Gasteiger partial charge is 0.507 e. The van der Waals surface area contributed by atoms with Crippen LogP contribution in [0.2, 0.25) is 0 Å². The van der Waals surface area contributed by atoms with Crippen molar-refractivity contribution >= 4 is 17.5 Å². The molecule has 0 fully saturated rings. The van der Waals surface area contributed by atoms with E-state index in [4.69, 9.17) is 5.11 Å². The molecule has 0 radical (unpaired) electrons. The molecule has 2 aromatic rings. The Balaban J connectivity index is 2.10. The van der Waals surface area contributed by atoms with Crippen molar-refractivity contribution < 1.29 is 29.7 Å². The lowest BCUT2D eigenvalue weighted by Gasteiger charge is -2.21. The Morgan fingerprint density at radius 1 is 0.958 bits per heavy atom. The molecule has 122 valence electrons. The van der Waals surface area contributed by atoms with E-state index < -0.39 is 17.5 Å². The standard InChI is InChI=1S/C18H14O6/c19-12-8-9(4-3-7-13(20)21)16(22)15-14(12)17(23)10-5-1-2-6-11(10)18(15)24/h1-2,5-6,8,19,22H,3-4,7H2,(H,20,21). The maximum absolute atomic E-state index is 12.6. The summed E-state index contributed by atoms with van der Waals surface area (Å²) in [6, 6.07) is 7.44. The molecule has 0 unspecified atom stereocenters. The monoisotopic (exact) mass is 326 g/mol. The number of phenols is 2. The summed E-state index contributed by atoms with van der Waals surface area (Å²) in [5, 5.41) is 29.3. The molecule has 2 aromatic carbocycles. The van der Waals surface area contributed by atoms with Crippen molar-refractivity contribution in [3.05, 3.63) is 58.1 Å². The summed E-state index contributed by atoms with van der Waals surface area (Å²) in [6.07, 6.45) is 0.301. The van der Waals surface area contributed by atoms with Crippen molar-refractivity contribution in [3.63, 3.8) is 0 Å². The summed E-state index contributed by atoms with van der Waals surface area (Å²) in [6.45, 7) is 0. The molecule has 0 atom stereocenters. The van der Waals surface area contributed by atoms with Crippen molar-refractivity contribution in [1.82, 2.24) is 0 Å². The number of phenolic OH excluding ortho intramolecular Hbond substituents is 2. The van der Waals surface area contributed by atoms with Crippen LogP contribution in [0.1, 0.15) is 50.2 Å². The van der Waals surface area contributed by atoms with Crippen molar-refractivity contribution in [3.8, 4) is 11.5 Å². The summed E-state index contributed by atoms with van der Waals surface area (Å²) in [5.41, 5.74) is 0.172. The van der Waals surface area contributed by atoms with Gasteiger partial charge in [-0.15, -0.1) is 0 Å². The van der Waals surface area contributed by atoms with Crippen LogP contribution in [-0.4, -0.2) is 32.9 Å². The van der Waals surface area contributed by atoms with Crippen LogP contribution in [0.15, 0.2) is 30.3 Å². The third kappa shape index (κ3) is 2.42. The van der Waals surface area contributed by atoms with Gasteiger partial charge < -0.3 is 15.3 Å². The van der Waals surface area contributed by atoms with Gasteiger partial charge in [0.15, 0.2) is 11.6 Å². The van der Waals surface area contributed by atoms with Crippen LogP contribution in [0, 0.1) is 0 Å². The van der Waals surface area contributed by atoms with Crippen molar-refractivity contribution in [1.29, 1.82) is 0 Å². The maximum atomic E-state index is 12.6. The number of carboxylic acid groups (broad SMARTS) is 1. The van der Waals surface area contributed by atoms with Crippen LogP contribution in [0.25, 0.3) is 0 Å². The van der Waals surface area contributed by atoms with Crippen LogP contribution in [0.5, 0.6) is 11.5 Å². The number of ketones is 2. The topological polar surface area (TPSA) is 112 Å². The van der Waals surface area contributed by atoms with Gasteiger partial charge in [0.2, 0.25) is 0 Å². The number of aryl methyl sites for hydroxylation is 1. The number of rotatable bonds is 4. The number of aliphatic carboxylic acids is 1. The fourth-order valence-corrected chi connectivity index (χ4v) is 2.93. The minimum atomic E-state index is -0.975. The van der Waals surface area contributed by atoms with Gasteiger partial charge in [-0.05, 0) is 24.5 Å². The SMILES string of the molecule is O=C(O)CCCc1cc(O)c2c(c1O)C(=O)c1ccccc1C2=O. The Bertz CT molecular complexity index is 881. The van der Waals surface area contributed by atoms with Gasteiger partial charge in [-0.25, -0.2) is 0 Å². The van der Waals surface area contributed by atoms with E-state index in [0.717, 1.165) is 0 Å². The highest BCUT2D eigenvalue weighted by Crippen LogP contribution is 2.40. The van der Waals surface area contributed by atoms with E-state index in [-0.39, 0.29) is 58.6 Å². The van der Waals surface area contributed by atoms with Gasteiger partial charge in [-0.1, -0.05) is 24.3 Å². The summed E-state index contributed by atoms with van der Waals surface area (Å²) in [4.78, 5) is 35.8. The van der Waals surface area contributed by atoms with Gasteiger partial charge in [0.25, 0.3) is 0 Å². The first-order chi connectivity index (χ1) is 11.4. The highest BCUT2D eigenvalue weighted by Gasteiger charge is 2.35. The lowest BCUT2D eigenvalue weighted by atomic mass is 9.81. The normalized spacial score (nSPS) is 12.7. The molecule has 1 aliphatic rings. The Labute approximate surface area is 137 Å². The molecule has 0 saturated heterocycles. The van der Waals surface area contributed by atoms with Crippen LogP contribution < -0.4 is 0 Å². The van der Waals surface area contributed by atoms with E-state index in [2.05, 4.69) is 0 Å². The molecule has 0 spiro atoms. The number of carbonyl (C=O) groups is 3. The third-order valence-corrected chi connectivity index (χ3v) is 4.07. The molecule has 6 nitrogen and oxygen atoms in total. The molecular weight excluding hydrogens is 312 g/mol. The lowest BCUT2D eigenvalue weighted by Crippen LogP contribution is -2.21. The molecule has 3 N–H and O–H groups in total. The van der Waals surface area contributed by atoms with Crippen LogP contribution >= 0.6 is 0 Å². The highest BCUT2D eigenvalue weighted by atomic mass is 16.4. The Morgan fingerprint density at radius 2 is 1.54 bits per heavy atom. The fraction of sp³-hybridized carbons (Fsp3) is 0.167. The summed E-state index contributed by atoms with van der Waals surface area (Å²) >= 11 is 0. The van der Waals surface area contributed by atoms with Gasteiger partial charge in [0.1, 0.15) is 11.5 Å². The molecule has 3 rings (SSSR count). The van der Waals surface area contributed by atoms with Gasteiger partial charge >= 0.3 is 5.97 Å². The van der Waals surface area contributed by atoms with E-state index in [9.17, 15) is 24.6 Å².